The zero-order valence-corrected chi connectivity index (χ0v) is 13.1. The molecule has 0 radical (unpaired) electrons. The second-order valence-corrected chi connectivity index (χ2v) is 6.87. The van der Waals surface area contributed by atoms with Crippen molar-refractivity contribution in [1.82, 2.24) is 4.90 Å². The monoisotopic (exact) mass is 297 g/mol. The Morgan fingerprint density at radius 2 is 1.82 bits per heavy atom. The summed E-state index contributed by atoms with van der Waals surface area (Å²) in [5.41, 5.74) is 2.30. The summed E-state index contributed by atoms with van der Waals surface area (Å²) < 4.78 is 5.37. The molecule has 0 N–H and O–H groups in total. The third-order valence-electron chi connectivity index (χ3n) is 5.28. The van der Waals surface area contributed by atoms with E-state index in [-0.39, 0.29) is 5.91 Å². The first-order valence-electron chi connectivity index (χ1n) is 8.41. The van der Waals surface area contributed by atoms with Crippen LogP contribution in [-0.2, 0) is 0 Å². The van der Waals surface area contributed by atoms with E-state index in [2.05, 4.69) is 11.0 Å². The van der Waals surface area contributed by atoms with Gasteiger partial charge in [-0.2, -0.15) is 0 Å². The molecule has 1 aromatic carbocycles. The average molecular weight is 297 g/mol. The molecule has 3 fully saturated rings. The van der Waals surface area contributed by atoms with Crippen LogP contribution in [0.15, 0.2) is 35.9 Å². The second-order valence-electron chi connectivity index (χ2n) is 6.87. The van der Waals surface area contributed by atoms with E-state index < -0.39 is 0 Å². The van der Waals surface area contributed by atoms with Gasteiger partial charge in [0.15, 0.2) is 0 Å². The van der Waals surface area contributed by atoms with E-state index >= 15 is 0 Å². The summed E-state index contributed by atoms with van der Waals surface area (Å²) in [5, 5.41) is 0. The molecule has 1 saturated carbocycles. The number of ether oxygens (including phenoxy) is 1. The van der Waals surface area contributed by atoms with Gasteiger partial charge in [0, 0.05) is 12.1 Å². The molecule has 2 heterocycles. The zero-order valence-electron chi connectivity index (χ0n) is 13.1. The number of benzene rings is 1. The molecule has 1 aromatic rings. The van der Waals surface area contributed by atoms with Gasteiger partial charge in [0.2, 0.25) is 0 Å². The lowest BCUT2D eigenvalue weighted by Gasteiger charge is -2.36. The molecule has 1 aliphatic carbocycles. The van der Waals surface area contributed by atoms with Crippen LogP contribution in [0.1, 0.15) is 48.9 Å². The number of carbonyl (C=O) groups is 1. The van der Waals surface area contributed by atoms with Crippen LogP contribution < -0.4 is 4.74 Å². The molecule has 4 rings (SSSR count). The molecule has 2 atom stereocenters. The molecule has 116 valence electrons. The van der Waals surface area contributed by atoms with Crippen LogP contribution in [0.25, 0.3) is 0 Å². The molecule has 2 aliphatic heterocycles. The fraction of sp³-hybridized carbons (Fsp3) is 0.526. The van der Waals surface area contributed by atoms with Gasteiger partial charge in [-0.15, -0.1) is 0 Å². The van der Waals surface area contributed by atoms with E-state index in [9.17, 15) is 4.79 Å². The van der Waals surface area contributed by atoms with Gasteiger partial charge in [0.1, 0.15) is 5.75 Å². The lowest BCUT2D eigenvalue weighted by atomic mass is 9.94. The summed E-state index contributed by atoms with van der Waals surface area (Å²) in [6, 6.07) is 8.37. The fourth-order valence-electron chi connectivity index (χ4n) is 4.07. The summed E-state index contributed by atoms with van der Waals surface area (Å²) >= 11 is 0. The van der Waals surface area contributed by atoms with Crippen molar-refractivity contribution in [2.45, 2.75) is 50.6 Å². The Morgan fingerprint density at radius 3 is 2.45 bits per heavy atom. The Labute approximate surface area is 132 Å². The number of nitrogens with zero attached hydrogens (tertiary/aromatic N) is 1. The maximum absolute atomic E-state index is 13.0. The number of amides is 1. The molecular formula is C19H23NO2. The van der Waals surface area contributed by atoms with Gasteiger partial charge in [-0.25, -0.2) is 0 Å². The minimum absolute atomic E-state index is 0.149. The van der Waals surface area contributed by atoms with Crippen molar-refractivity contribution < 1.29 is 9.53 Å². The van der Waals surface area contributed by atoms with Crippen LogP contribution in [0, 0.1) is 5.92 Å². The van der Waals surface area contributed by atoms with Crippen LogP contribution in [0.5, 0.6) is 5.75 Å². The van der Waals surface area contributed by atoms with Crippen LogP contribution in [0.3, 0.4) is 0 Å². The van der Waals surface area contributed by atoms with Gasteiger partial charge >= 0.3 is 0 Å². The summed E-state index contributed by atoms with van der Waals surface area (Å²) in [7, 11) is 1.63. The molecule has 2 saturated heterocycles. The Morgan fingerprint density at radius 1 is 1.14 bits per heavy atom. The molecule has 3 aliphatic rings. The Bertz CT molecular complexity index is 602. The Kier molecular flexibility index (Phi) is 3.44. The number of fused-ring (bicyclic) bond motifs is 2. The molecule has 2 unspecified atom stereocenters. The quantitative estimate of drug-likeness (QED) is 0.794. The lowest BCUT2D eigenvalue weighted by Crippen LogP contribution is -2.44. The number of methoxy groups -OCH3 is 1. The minimum Gasteiger partial charge on any atom is -0.496 e. The highest BCUT2D eigenvalue weighted by atomic mass is 16.5. The van der Waals surface area contributed by atoms with Crippen molar-refractivity contribution in [1.29, 1.82) is 0 Å². The van der Waals surface area contributed by atoms with Gasteiger partial charge in [0.25, 0.3) is 5.91 Å². The van der Waals surface area contributed by atoms with Crippen molar-refractivity contribution in [2.24, 2.45) is 5.92 Å². The number of allylic oxidation sites excluding steroid dienone is 1. The number of piperidine rings is 1. The molecule has 0 spiro atoms. The van der Waals surface area contributed by atoms with Gasteiger partial charge in [-0.3, -0.25) is 4.79 Å². The number of para-hydroxylation sites is 1. The molecule has 2 bridgehead atoms. The highest BCUT2D eigenvalue weighted by molar-refractivity contribution is 5.97. The molecule has 1 amide bonds. The predicted octanol–water partition coefficient (Wildman–Crippen LogP) is 3.80. The fourth-order valence-corrected chi connectivity index (χ4v) is 4.07. The van der Waals surface area contributed by atoms with Gasteiger partial charge in [-0.05, 0) is 56.6 Å². The molecule has 0 aromatic heterocycles. The van der Waals surface area contributed by atoms with E-state index in [1.54, 1.807) is 12.7 Å². The Balaban J connectivity index is 1.57. The van der Waals surface area contributed by atoms with Crippen molar-refractivity contribution in [3.05, 3.63) is 41.5 Å². The summed E-state index contributed by atoms with van der Waals surface area (Å²) in [4.78, 5) is 15.1. The average Bonchev–Trinajstić information content (AvgIpc) is 3.31. The normalized spacial score (nSPS) is 27.0. The van der Waals surface area contributed by atoms with Gasteiger partial charge in [0.05, 0.1) is 12.7 Å². The third kappa shape index (κ3) is 2.43. The first-order valence-corrected chi connectivity index (χ1v) is 8.41. The maximum Gasteiger partial charge on any atom is 0.258 e. The van der Waals surface area contributed by atoms with E-state index in [0.717, 1.165) is 31.6 Å². The van der Waals surface area contributed by atoms with Crippen LogP contribution >= 0.6 is 0 Å². The second kappa shape index (κ2) is 5.45. The first-order chi connectivity index (χ1) is 10.8. The Hall–Kier alpha value is -1.77. The summed E-state index contributed by atoms with van der Waals surface area (Å²) in [5.74, 6) is 1.67. The van der Waals surface area contributed by atoms with Crippen molar-refractivity contribution >= 4 is 5.91 Å². The SMILES string of the molecule is COc1ccccc1C(=O)N1C2CCC1CC(=CC1CC1)C2. The zero-order chi connectivity index (χ0) is 15.1. The highest BCUT2D eigenvalue weighted by Crippen LogP contribution is 2.42. The van der Waals surface area contributed by atoms with Crippen molar-refractivity contribution in [2.75, 3.05) is 7.11 Å². The predicted molar refractivity (Wildman–Crippen MR) is 86.0 cm³/mol. The highest BCUT2D eigenvalue weighted by Gasteiger charge is 2.42. The standard InChI is InChI=1S/C19H23NO2/c1-22-18-5-3-2-4-17(18)19(21)20-15-8-9-16(20)12-14(11-15)10-13-6-7-13/h2-5,10,13,15-16H,6-9,11-12H2,1H3. The van der Waals surface area contributed by atoms with E-state index in [4.69, 9.17) is 4.74 Å². The topological polar surface area (TPSA) is 29.5 Å². The lowest BCUT2D eigenvalue weighted by molar-refractivity contribution is 0.0631. The van der Waals surface area contributed by atoms with Gasteiger partial charge in [-0.1, -0.05) is 23.8 Å². The van der Waals surface area contributed by atoms with Gasteiger partial charge < -0.3 is 9.64 Å². The van der Waals surface area contributed by atoms with E-state index in [0.29, 0.717) is 23.4 Å². The number of hydrogen-bond donors (Lipinski definition) is 0. The van der Waals surface area contributed by atoms with Crippen LogP contribution in [0.4, 0.5) is 0 Å². The van der Waals surface area contributed by atoms with E-state index in [1.165, 1.54) is 12.8 Å². The summed E-state index contributed by atoms with van der Waals surface area (Å²) in [6.07, 6.45) is 9.67. The molecule has 22 heavy (non-hydrogen) atoms. The van der Waals surface area contributed by atoms with Crippen LogP contribution in [0.2, 0.25) is 0 Å². The molecule has 3 heteroatoms. The third-order valence-corrected chi connectivity index (χ3v) is 5.28. The van der Waals surface area contributed by atoms with E-state index in [1.807, 2.05) is 24.3 Å². The number of carbonyl (C=O) groups excluding carboxylic acids is 1. The number of hydrogen-bond acceptors (Lipinski definition) is 2. The maximum atomic E-state index is 13.0. The largest absolute Gasteiger partial charge is 0.496 e. The molecule has 3 nitrogen and oxygen atoms in total. The first kappa shape index (κ1) is 13.9. The van der Waals surface area contributed by atoms with Crippen molar-refractivity contribution in [3.8, 4) is 5.75 Å². The van der Waals surface area contributed by atoms with Crippen LogP contribution in [-0.4, -0.2) is 30.0 Å². The minimum atomic E-state index is 0.149. The molecular weight excluding hydrogens is 274 g/mol. The smallest absolute Gasteiger partial charge is 0.258 e. The number of rotatable bonds is 3. The summed E-state index contributed by atoms with van der Waals surface area (Å²) in [6.45, 7) is 0. The van der Waals surface area contributed by atoms with Crippen molar-refractivity contribution in [3.63, 3.8) is 0 Å².